The van der Waals surface area contributed by atoms with Crippen molar-refractivity contribution >= 4 is 0 Å². The third-order valence-electron chi connectivity index (χ3n) is 1.82. The lowest BCUT2D eigenvalue weighted by molar-refractivity contribution is 0.366. The average Bonchev–Trinajstić information content (AvgIpc) is 2.11. The lowest BCUT2D eigenvalue weighted by atomic mass is 10.0. The Morgan fingerprint density at radius 1 is 0.643 bits per heavy atom. The highest BCUT2D eigenvalue weighted by atomic mass is 19.2. The molecule has 14 heavy (non-hydrogen) atoms. The first-order valence-corrected chi connectivity index (χ1v) is 3.89. The second kappa shape index (κ2) is 3.55. The lowest BCUT2D eigenvalue weighted by Gasteiger charge is -2.10. The molecule has 0 atom stereocenters. The maximum Gasteiger partial charge on any atom is 0.200 e. The third-order valence-corrected chi connectivity index (χ3v) is 1.82. The predicted octanol–water partition coefficient (Wildman–Crippen LogP) is 3.51. The van der Waals surface area contributed by atoms with Crippen molar-refractivity contribution in [2.24, 2.45) is 0 Å². The quantitative estimate of drug-likeness (QED) is 0.378. The summed E-state index contributed by atoms with van der Waals surface area (Å²) >= 11 is 0. The molecule has 0 fully saturated rings. The largest absolute Gasteiger partial charge is 0.203 e. The van der Waals surface area contributed by atoms with E-state index in [1.54, 1.807) is 0 Å². The molecule has 5 heteroatoms. The van der Waals surface area contributed by atoms with Gasteiger partial charge in [0.1, 0.15) is 0 Å². The molecule has 0 amide bonds. The minimum Gasteiger partial charge on any atom is -0.203 e. The molecule has 0 N–H and O–H groups in total. The summed E-state index contributed by atoms with van der Waals surface area (Å²) in [6, 6.07) is 0. The Kier molecular flexibility index (Phi) is 2.78. The van der Waals surface area contributed by atoms with Gasteiger partial charge in [0.05, 0.1) is 0 Å². The zero-order chi connectivity index (χ0) is 11.0. The van der Waals surface area contributed by atoms with Gasteiger partial charge >= 0.3 is 0 Å². The van der Waals surface area contributed by atoms with Crippen LogP contribution in [-0.2, 0) is 0 Å². The minimum absolute atomic E-state index is 0.764. The first-order chi connectivity index (χ1) is 6.37. The molecule has 0 aliphatic carbocycles. The van der Waals surface area contributed by atoms with E-state index in [0.717, 1.165) is 0 Å². The Morgan fingerprint density at radius 2 is 0.929 bits per heavy atom. The summed E-state index contributed by atoms with van der Waals surface area (Å²) in [4.78, 5) is 0. The second-order valence-corrected chi connectivity index (χ2v) is 3.14. The zero-order valence-electron chi connectivity index (χ0n) is 7.47. The van der Waals surface area contributed by atoms with Crippen molar-refractivity contribution in [2.45, 2.75) is 19.8 Å². The minimum atomic E-state index is -2.12. The van der Waals surface area contributed by atoms with E-state index in [0.29, 0.717) is 0 Å². The first kappa shape index (κ1) is 10.9. The van der Waals surface area contributed by atoms with Gasteiger partial charge in [0.25, 0.3) is 0 Å². The van der Waals surface area contributed by atoms with Gasteiger partial charge in [-0.25, -0.2) is 22.0 Å². The highest BCUT2D eigenvalue weighted by Crippen LogP contribution is 2.28. The first-order valence-electron chi connectivity index (χ1n) is 3.89. The van der Waals surface area contributed by atoms with Crippen LogP contribution in [-0.4, -0.2) is 0 Å². The van der Waals surface area contributed by atoms with Gasteiger partial charge in [-0.1, -0.05) is 13.8 Å². The summed E-state index contributed by atoms with van der Waals surface area (Å²) in [6.07, 6.45) is 0. The standard InChI is InChI=1S/C9H7F5/c1-3(2)4-5(10)7(12)9(14)8(13)6(4)11/h3H,1-2H3. The van der Waals surface area contributed by atoms with Crippen LogP contribution < -0.4 is 0 Å². The van der Waals surface area contributed by atoms with Crippen molar-refractivity contribution in [1.29, 1.82) is 0 Å². The van der Waals surface area contributed by atoms with Crippen LogP contribution in [0, 0.1) is 29.1 Å². The van der Waals surface area contributed by atoms with Crippen molar-refractivity contribution < 1.29 is 22.0 Å². The van der Waals surface area contributed by atoms with Crippen molar-refractivity contribution in [1.82, 2.24) is 0 Å². The molecule has 0 saturated carbocycles. The second-order valence-electron chi connectivity index (χ2n) is 3.14. The molecule has 0 unspecified atom stereocenters. The molecule has 0 saturated heterocycles. The molecule has 0 bridgehead atoms. The summed E-state index contributed by atoms with van der Waals surface area (Å²) in [5.41, 5.74) is -0.776. The monoisotopic (exact) mass is 210 g/mol. The fraction of sp³-hybridized carbons (Fsp3) is 0.333. The van der Waals surface area contributed by atoms with Gasteiger partial charge in [0.15, 0.2) is 23.3 Å². The SMILES string of the molecule is CC(C)c1c(F)c(F)c(F)c(F)c1F. The molecular weight excluding hydrogens is 203 g/mol. The molecule has 0 heterocycles. The van der Waals surface area contributed by atoms with E-state index in [1.807, 2.05) is 0 Å². The van der Waals surface area contributed by atoms with E-state index >= 15 is 0 Å². The molecule has 1 aromatic carbocycles. The average molecular weight is 210 g/mol. The maximum absolute atomic E-state index is 12.9. The molecule has 0 spiro atoms. The van der Waals surface area contributed by atoms with Gasteiger partial charge in [0.2, 0.25) is 5.82 Å². The molecule has 1 aromatic rings. The molecular formula is C9H7F5. The highest BCUT2D eigenvalue weighted by Gasteiger charge is 2.26. The topological polar surface area (TPSA) is 0 Å². The van der Waals surface area contributed by atoms with Crippen LogP contribution >= 0.6 is 0 Å². The fourth-order valence-electron chi connectivity index (χ4n) is 1.13. The number of hydrogen-bond donors (Lipinski definition) is 0. The van der Waals surface area contributed by atoms with Crippen LogP contribution in [0.1, 0.15) is 25.3 Å². The Bertz CT molecular complexity index is 341. The van der Waals surface area contributed by atoms with Crippen LogP contribution in [0.5, 0.6) is 0 Å². The van der Waals surface area contributed by atoms with Gasteiger partial charge in [-0.05, 0) is 5.92 Å². The summed E-state index contributed by atoms with van der Waals surface area (Å²) in [6.45, 7) is 2.69. The van der Waals surface area contributed by atoms with Crippen molar-refractivity contribution in [3.8, 4) is 0 Å². The lowest BCUT2D eigenvalue weighted by Crippen LogP contribution is -2.08. The van der Waals surface area contributed by atoms with E-state index in [9.17, 15) is 22.0 Å². The Morgan fingerprint density at radius 3 is 1.21 bits per heavy atom. The van der Waals surface area contributed by atoms with Gasteiger partial charge in [0, 0.05) is 5.56 Å². The summed E-state index contributed by atoms with van der Waals surface area (Å²) in [7, 11) is 0. The molecule has 1 rings (SSSR count). The summed E-state index contributed by atoms with van der Waals surface area (Å²) in [5.74, 6) is -10.2. The molecule has 0 aromatic heterocycles. The van der Waals surface area contributed by atoms with E-state index in [-0.39, 0.29) is 0 Å². The Balaban J connectivity index is 3.60. The van der Waals surface area contributed by atoms with Gasteiger partial charge < -0.3 is 0 Å². The number of hydrogen-bond acceptors (Lipinski definition) is 0. The van der Waals surface area contributed by atoms with E-state index < -0.39 is 40.6 Å². The van der Waals surface area contributed by atoms with Crippen molar-refractivity contribution in [3.05, 3.63) is 34.6 Å². The Hall–Kier alpha value is -1.13. The van der Waals surface area contributed by atoms with Gasteiger partial charge in [-0.2, -0.15) is 0 Å². The van der Waals surface area contributed by atoms with Gasteiger partial charge in [-0.3, -0.25) is 0 Å². The zero-order valence-corrected chi connectivity index (χ0v) is 7.47. The normalized spacial score (nSPS) is 11.1. The van der Waals surface area contributed by atoms with Crippen molar-refractivity contribution in [3.63, 3.8) is 0 Å². The molecule has 0 aliphatic rings. The third kappa shape index (κ3) is 1.47. The van der Waals surface area contributed by atoms with E-state index in [1.165, 1.54) is 13.8 Å². The molecule has 78 valence electrons. The van der Waals surface area contributed by atoms with E-state index in [4.69, 9.17) is 0 Å². The van der Waals surface area contributed by atoms with Crippen molar-refractivity contribution in [2.75, 3.05) is 0 Å². The molecule has 0 radical (unpaired) electrons. The molecule has 0 nitrogen and oxygen atoms in total. The van der Waals surface area contributed by atoms with Gasteiger partial charge in [-0.15, -0.1) is 0 Å². The summed E-state index contributed by atoms with van der Waals surface area (Å²) < 4.78 is 63.6. The van der Waals surface area contributed by atoms with Crippen LogP contribution in [0.4, 0.5) is 22.0 Å². The van der Waals surface area contributed by atoms with Crippen LogP contribution in [0.2, 0.25) is 0 Å². The summed E-state index contributed by atoms with van der Waals surface area (Å²) in [5, 5.41) is 0. The Labute approximate surface area is 77.4 Å². The highest BCUT2D eigenvalue weighted by molar-refractivity contribution is 5.26. The van der Waals surface area contributed by atoms with Crippen LogP contribution in [0.3, 0.4) is 0 Å². The predicted molar refractivity (Wildman–Crippen MR) is 40.3 cm³/mol. The van der Waals surface area contributed by atoms with Crippen LogP contribution in [0.15, 0.2) is 0 Å². The van der Waals surface area contributed by atoms with Crippen LogP contribution in [0.25, 0.3) is 0 Å². The number of rotatable bonds is 1. The number of halogens is 5. The smallest absolute Gasteiger partial charge is 0.200 e. The number of benzene rings is 1. The fourth-order valence-corrected chi connectivity index (χ4v) is 1.13. The van der Waals surface area contributed by atoms with E-state index in [2.05, 4.69) is 0 Å². The maximum atomic E-state index is 12.9. The molecule has 0 aliphatic heterocycles.